The van der Waals surface area contributed by atoms with E-state index in [0.29, 0.717) is 18.7 Å². The monoisotopic (exact) mass is 423 g/mol. The van der Waals surface area contributed by atoms with E-state index in [1.807, 2.05) is 77.7 Å². The Morgan fingerprint density at radius 2 is 1.53 bits per heavy atom. The standard InChI is InChI=1S/C27H25N3O2/c1-32-22-13-11-21(12-14-22)29-15-17-30(18-16-29)27(31)24-19-26(20-7-3-2-4-8-20)28-25-10-6-5-9-23(24)25/h2-14,19H,15-18H2,1H3. The summed E-state index contributed by atoms with van der Waals surface area (Å²) in [6.45, 7) is 2.96. The number of amides is 1. The predicted octanol–water partition coefficient (Wildman–Crippen LogP) is 4.87. The number of rotatable bonds is 4. The molecule has 32 heavy (non-hydrogen) atoms. The van der Waals surface area contributed by atoms with Crippen molar-refractivity contribution in [3.63, 3.8) is 0 Å². The molecule has 0 saturated carbocycles. The maximum Gasteiger partial charge on any atom is 0.254 e. The molecule has 5 nitrogen and oxygen atoms in total. The van der Waals surface area contributed by atoms with Gasteiger partial charge in [-0.3, -0.25) is 4.79 Å². The highest BCUT2D eigenvalue weighted by Crippen LogP contribution is 2.27. The van der Waals surface area contributed by atoms with Crippen molar-refractivity contribution in [2.45, 2.75) is 0 Å². The molecule has 1 aliphatic rings. The molecular weight excluding hydrogens is 398 g/mol. The van der Waals surface area contributed by atoms with E-state index in [-0.39, 0.29) is 5.91 Å². The Kier molecular flexibility index (Phi) is 5.46. The van der Waals surface area contributed by atoms with Gasteiger partial charge in [0.05, 0.1) is 23.9 Å². The number of carbonyl (C=O) groups is 1. The van der Waals surface area contributed by atoms with E-state index >= 15 is 0 Å². The molecule has 0 radical (unpaired) electrons. The van der Waals surface area contributed by atoms with E-state index in [2.05, 4.69) is 17.0 Å². The number of carbonyl (C=O) groups excluding carboxylic acids is 1. The zero-order chi connectivity index (χ0) is 21.9. The van der Waals surface area contributed by atoms with Gasteiger partial charge in [-0.2, -0.15) is 0 Å². The Morgan fingerprint density at radius 1 is 0.844 bits per heavy atom. The lowest BCUT2D eigenvalue weighted by atomic mass is 10.0. The first kappa shape index (κ1) is 20.1. The molecule has 1 fully saturated rings. The number of hydrogen-bond acceptors (Lipinski definition) is 4. The molecule has 1 saturated heterocycles. The molecule has 3 aromatic carbocycles. The van der Waals surface area contributed by atoms with Crippen molar-refractivity contribution < 1.29 is 9.53 Å². The van der Waals surface area contributed by atoms with Crippen molar-refractivity contribution in [3.8, 4) is 17.0 Å². The molecule has 2 heterocycles. The summed E-state index contributed by atoms with van der Waals surface area (Å²) in [7, 11) is 1.67. The third kappa shape index (κ3) is 3.89. The van der Waals surface area contributed by atoms with Gasteiger partial charge >= 0.3 is 0 Å². The van der Waals surface area contributed by atoms with Crippen LogP contribution in [0.2, 0.25) is 0 Å². The average Bonchev–Trinajstić information content (AvgIpc) is 2.88. The summed E-state index contributed by atoms with van der Waals surface area (Å²) in [5.41, 5.74) is 4.54. The van der Waals surface area contributed by atoms with E-state index in [1.54, 1.807) is 7.11 Å². The Bertz CT molecular complexity index is 1230. The van der Waals surface area contributed by atoms with Crippen molar-refractivity contribution in [3.05, 3.63) is 90.5 Å². The highest BCUT2D eigenvalue weighted by atomic mass is 16.5. The molecule has 0 unspecified atom stereocenters. The maximum atomic E-state index is 13.6. The van der Waals surface area contributed by atoms with Crippen molar-refractivity contribution in [1.82, 2.24) is 9.88 Å². The Labute approximate surface area is 187 Å². The number of anilines is 1. The molecule has 0 bridgehead atoms. The average molecular weight is 424 g/mol. The van der Waals surface area contributed by atoms with Gasteiger partial charge in [0, 0.05) is 42.8 Å². The SMILES string of the molecule is COc1ccc(N2CCN(C(=O)c3cc(-c4ccccc4)nc4ccccc34)CC2)cc1. The maximum absolute atomic E-state index is 13.6. The van der Waals surface area contributed by atoms with Crippen LogP contribution in [-0.2, 0) is 0 Å². The van der Waals surface area contributed by atoms with Gasteiger partial charge in [-0.15, -0.1) is 0 Å². The Balaban J connectivity index is 1.40. The molecule has 160 valence electrons. The molecule has 0 N–H and O–H groups in total. The van der Waals surface area contributed by atoms with Gasteiger partial charge in [-0.25, -0.2) is 4.98 Å². The summed E-state index contributed by atoms with van der Waals surface area (Å²) < 4.78 is 5.25. The lowest BCUT2D eigenvalue weighted by Gasteiger charge is -2.36. The molecule has 5 rings (SSSR count). The number of aromatic nitrogens is 1. The fourth-order valence-corrected chi connectivity index (χ4v) is 4.24. The second-order valence-corrected chi connectivity index (χ2v) is 7.92. The highest BCUT2D eigenvalue weighted by Gasteiger charge is 2.24. The van der Waals surface area contributed by atoms with Crippen LogP contribution in [0.4, 0.5) is 5.69 Å². The predicted molar refractivity (Wildman–Crippen MR) is 128 cm³/mol. The Morgan fingerprint density at radius 3 is 2.25 bits per heavy atom. The zero-order valence-corrected chi connectivity index (χ0v) is 18.1. The van der Waals surface area contributed by atoms with Crippen LogP contribution in [0.15, 0.2) is 84.9 Å². The van der Waals surface area contributed by atoms with Gasteiger partial charge in [0.25, 0.3) is 5.91 Å². The molecule has 0 aliphatic carbocycles. The van der Waals surface area contributed by atoms with Gasteiger partial charge in [0.1, 0.15) is 5.75 Å². The van der Waals surface area contributed by atoms with E-state index in [9.17, 15) is 4.79 Å². The van der Waals surface area contributed by atoms with Crippen LogP contribution in [0.5, 0.6) is 5.75 Å². The normalized spacial score (nSPS) is 13.9. The number of nitrogens with zero attached hydrogens (tertiary/aromatic N) is 3. The van der Waals surface area contributed by atoms with Crippen LogP contribution in [-0.4, -0.2) is 49.1 Å². The van der Waals surface area contributed by atoms with Crippen LogP contribution in [0, 0.1) is 0 Å². The summed E-state index contributed by atoms with van der Waals surface area (Å²) in [5, 5.41) is 0.898. The van der Waals surface area contributed by atoms with Gasteiger partial charge in [0.15, 0.2) is 0 Å². The first-order chi connectivity index (χ1) is 15.7. The fourth-order valence-electron chi connectivity index (χ4n) is 4.24. The molecule has 1 aliphatic heterocycles. The molecule has 5 heteroatoms. The number of hydrogen-bond donors (Lipinski definition) is 0. The number of fused-ring (bicyclic) bond motifs is 1. The minimum atomic E-state index is 0.0650. The first-order valence-electron chi connectivity index (χ1n) is 10.9. The minimum absolute atomic E-state index is 0.0650. The van der Waals surface area contributed by atoms with Crippen molar-refractivity contribution in [2.75, 3.05) is 38.2 Å². The summed E-state index contributed by atoms with van der Waals surface area (Å²) in [4.78, 5) is 22.7. The van der Waals surface area contributed by atoms with Gasteiger partial charge in [0.2, 0.25) is 0 Å². The number of pyridine rings is 1. The van der Waals surface area contributed by atoms with E-state index in [4.69, 9.17) is 9.72 Å². The van der Waals surface area contributed by atoms with Gasteiger partial charge in [-0.1, -0.05) is 48.5 Å². The van der Waals surface area contributed by atoms with E-state index in [1.165, 1.54) is 0 Å². The summed E-state index contributed by atoms with van der Waals surface area (Å²) in [5.74, 6) is 0.913. The van der Waals surface area contributed by atoms with Crippen LogP contribution < -0.4 is 9.64 Å². The molecule has 4 aromatic rings. The minimum Gasteiger partial charge on any atom is -0.497 e. The quantitative estimate of drug-likeness (QED) is 0.470. The molecule has 1 aromatic heterocycles. The number of methoxy groups -OCH3 is 1. The second-order valence-electron chi connectivity index (χ2n) is 7.92. The van der Waals surface area contributed by atoms with Crippen LogP contribution in [0.3, 0.4) is 0 Å². The zero-order valence-electron chi connectivity index (χ0n) is 18.1. The second kappa shape index (κ2) is 8.71. The molecule has 0 spiro atoms. The lowest BCUT2D eigenvalue weighted by molar-refractivity contribution is 0.0748. The van der Waals surface area contributed by atoms with Crippen LogP contribution >= 0.6 is 0 Å². The number of benzene rings is 3. The summed E-state index contributed by atoms with van der Waals surface area (Å²) in [6, 6.07) is 27.9. The van der Waals surface area contributed by atoms with Crippen LogP contribution in [0.1, 0.15) is 10.4 Å². The third-order valence-corrected chi connectivity index (χ3v) is 6.02. The molecular formula is C27H25N3O2. The van der Waals surface area contributed by atoms with Crippen molar-refractivity contribution >= 4 is 22.5 Å². The number of ether oxygens (including phenoxy) is 1. The first-order valence-corrected chi connectivity index (χ1v) is 10.9. The number of piperazine rings is 1. The Hall–Kier alpha value is -3.86. The van der Waals surface area contributed by atoms with Crippen molar-refractivity contribution in [1.29, 1.82) is 0 Å². The number of para-hydroxylation sites is 1. The lowest BCUT2D eigenvalue weighted by Crippen LogP contribution is -2.48. The largest absolute Gasteiger partial charge is 0.497 e. The van der Waals surface area contributed by atoms with Gasteiger partial charge < -0.3 is 14.5 Å². The van der Waals surface area contributed by atoms with Gasteiger partial charge in [-0.05, 0) is 36.4 Å². The smallest absolute Gasteiger partial charge is 0.254 e. The third-order valence-electron chi connectivity index (χ3n) is 6.02. The van der Waals surface area contributed by atoms with E-state index in [0.717, 1.165) is 46.7 Å². The van der Waals surface area contributed by atoms with Crippen LogP contribution in [0.25, 0.3) is 22.2 Å². The van der Waals surface area contributed by atoms with Crippen molar-refractivity contribution in [2.24, 2.45) is 0 Å². The topological polar surface area (TPSA) is 45.7 Å². The van der Waals surface area contributed by atoms with E-state index < -0.39 is 0 Å². The highest BCUT2D eigenvalue weighted by molar-refractivity contribution is 6.07. The summed E-state index contributed by atoms with van der Waals surface area (Å²) in [6.07, 6.45) is 0. The fraction of sp³-hybridized carbons (Fsp3) is 0.185. The molecule has 1 amide bonds. The summed E-state index contributed by atoms with van der Waals surface area (Å²) >= 11 is 0. The molecule has 0 atom stereocenters.